The SMILES string of the molecule is CC1(C)CC(C=Nc2cccc(-c3sc(C(=O)O)c(OCC(=O)O)c3Cl)c2)CCN1S(=O)(=O)Cc1cccc(NC(=O)COC2CCN(C(O)CNc3cccc4c3CN(C3CCC(=O)NC3=O)C4=O)CC2)c1. The van der Waals surface area contributed by atoms with Gasteiger partial charge < -0.3 is 40.3 Å². The van der Waals surface area contributed by atoms with Crippen molar-refractivity contribution in [3.8, 4) is 16.2 Å². The molecule has 4 aromatic rings. The van der Waals surface area contributed by atoms with Gasteiger partial charge >= 0.3 is 11.9 Å². The Morgan fingerprint density at radius 3 is 2.47 bits per heavy atom. The number of hydrogen-bond donors (Lipinski definition) is 6. The number of piperidine rings is 3. The third-order valence-electron chi connectivity index (χ3n) is 13.3. The van der Waals surface area contributed by atoms with Gasteiger partial charge in [0.1, 0.15) is 23.9 Å². The first-order valence-corrected chi connectivity index (χ1v) is 26.5. The number of fused-ring (bicyclic) bond motifs is 1. The van der Waals surface area contributed by atoms with Crippen molar-refractivity contribution < 1.29 is 62.0 Å². The second kappa shape index (κ2) is 22.5. The first-order chi connectivity index (χ1) is 34.8. The fourth-order valence-corrected chi connectivity index (χ4v) is 13.2. The number of nitrogens with one attached hydrogen (secondary N) is 3. The number of nitrogens with zero attached hydrogens (tertiary/aromatic N) is 4. The molecule has 4 aliphatic heterocycles. The number of imide groups is 1. The van der Waals surface area contributed by atoms with Gasteiger partial charge in [-0.15, -0.1) is 11.3 Å². The monoisotopic (exact) mass is 1060 g/mol. The van der Waals surface area contributed by atoms with E-state index < -0.39 is 58.2 Å². The summed E-state index contributed by atoms with van der Waals surface area (Å²) in [7, 11) is -3.81. The predicted molar refractivity (Wildman–Crippen MR) is 272 cm³/mol. The molecule has 3 atom stereocenters. The minimum absolute atomic E-state index is 0.0173. The Morgan fingerprint density at radius 1 is 0.986 bits per heavy atom. The summed E-state index contributed by atoms with van der Waals surface area (Å²) >= 11 is 7.35. The molecule has 3 aromatic carbocycles. The average molecular weight is 1060 g/mol. The zero-order valence-electron chi connectivity index (χ0n) is 40.0. The topological polar surface area (TPSA) is 274 Å². The number of sulfonamides is 1. The molecule has 73 heavy (non-hydrogen) atoms. The van der Waals surface area contributed by atoms with Crippen LogP contribution in [0.25, 0.3) is 10.4 Å². The number of halogens is 1. The fraction of sp³-hybridized carbons (Fsp3) is 0.420. The Balaban J connectivity index is 0.775. The molecule has 0 radical (unpaired) electrons. The summed E-state index contributed by atoms with van der Waals surface area (Å²) in [5, 5.41) is 38.2. The lowest BCUT2D eigenvalue weighted by molar-refractivity contribution is -0.139. The number of benzene rings is 3. The molecule has 20 nitrogen and oxygen atoms in total. The zero-order chi connectivity index (χ0) is 52.2. The van der Waals surface area contributed by atoms with Crippen molar-refractivity contribution in [3.05, 3.63) is 93.3 Å². The van der Waals surface area contributed by atoms with E-state index in [1.54, 1.807) is 66.9 Å². The molecule has 6 N–H and O–H groups in total. The van der Waals surface area contributed by atoms with Crippen LogP contribution in [0.2, 0.25) is 5.02 Å². The van der Waals surface area contributed by atoms with Crippen LogP contribution in [0.3, 0.4) is 0 Å². The van der Waals surface area contributed by atoms with E-state index in [-0.39, 0.29) is 84.3 Å². The van der Waals surface area contributed by atoms with Gasteiger partial charge in [0.2, 0.25) is 27.7 Å². The Labute approximate surface area is 430 Å². The van der Waals surface area contributed by atoms with Gasteiger partial charge in [-0.05, 0) is 99.4 Å². The summed E-state index contributed by atoms with van der Waals surface area (Å²) in [6.45, 7) is 4.44. The lowest BCUT2D eigenvalue weighted by Crippen LogP contribution is -2.53. The van der Waals surface area contributed by atoms with Crippen LogP contribution in [0.4, 0.5) is 17.1 Å². The number of amides is 4. The summed E-state index contributed by atoms with van der Waals surface area (Å²) < 4.78 is 40.6. The molecule has 1 aromatic heterocycles. The van der Waals surface area contributed by atoms with Crippen molar-refractivity contribution in [2.45, 2.75) is 88.6 Å². The molecule has 3 fully saturated rings. The van der Waals surface area contributed by atoms with Crippen LogP contribution in [-0.2, 0) is 46.2 Å². The van der Waals surface area contributed by atoms with Crippen molar-refractivity contribution in [2.75, 3.05) is 50.0 Å². The van der Waals surface area contributed by atoms with Crippen molar-refractivity contribution in [2.24, 2.45) is 10.9 Å². The highest BCUT2D eigenvalue weighted by Gasteiger charge is 2.42. The molecule has 0 saturated carbocycles. The number of aliphatic carboxylic acids is 1. The zero-order valence-corrected chi connectivity index (χ0v) is 42.4. The number of carbonyl (C=O) groups excluding carboxylic acids is 4. The summed E-state index contributed by atoms with van der Waals surface area (Å²) in [6.07, 6.45) is 3.29. The van der Waals surface area contributed by atoms with Gasteiger partial charge in [0, 0.05) is 66.9 Å². The highest BCUT2D eigenvalue weighted by molar-refractivity contribution is 7.88. The highest BCUT2D eigenvalue weighted by atomic mass is 35.5. The molecule has 23 heteroatoms. The number of aliphatic hydroxyl groups is 1. The number of aliphatic imine (C=N–C) groups is 1. The predicted octanol–water partition coefficient (Wildman–Crippen LogP) is 5.56. The van der Waals surface area contributed by atoms with E-state index in [0.717, 1.165) is 16.9 Å². The number of aliphatic hydroxyl groups excluding tert-OH is 1. The third-order valence-corrected chi connectivity index (χ3v) is 17.1. The summed E-state index contributed by atoms with van der Waals surface area (Å²) in [5.74, 6) is -4.65. The maximum Gasteiger partial charge on any atom is 0.349 e. The maximum absolute atomic E-state index is 14.0. The van der Waals surface area contributed by atoms with Gasteiger partial charge in [-0.3, -0.25) is 34.4 Å². The van der Waals surface area contributed by atoms with E-state index in [9.17, 15) is 47.4 Å². The molecule has 0 spiro atoms. The minimum Gasteiger partial charge on any atom is -0.479 e. The lowest BCUT2D eigenvalue weighted by atomic mass is 9.85. The third kappa shape index (κ3) is 12.6. The molecule has 388 valence electrons. The van der Waals surface area contributed by atoms with Crippen molar-refractivity contribution in [3.63, 3.8) is 0 Å². The lowest BCUT2D eigenvalue weighted by Gasteiger charge is -2.43. The summed E-state index contributed by atoms with van der Waals surface area (Å²) in [6, 6.07) is 18.2. The Hall–Kier alpha value is -6.27. The van der Waals surface area contributed by atoms with E-state index in [4.69, 9.17) is 26.2 Å². The number of aromatic carboxylic acids is 1. The van der Waals surface area contributed by atoms with E-state index in [1.165, 1.54) is 9.21 Å². The average Bonchev–Trinajstić information content (AvgIpc) is 3.86. The molecule has 0 bridgehead atoms. The van der Waals surface area contributed by atoms with Crippen LogP contribution in [0.15, 0.2) is 71.7 Å². The first-order valence-electron chi connectivity index (χ1n) is 23.7. The normalized spacial score (nSPS) is 20.2. The first kappa shape index (κ1) is 53.0. The smallest absolute Gasteiger partial charge is 0.349 e. The number of carboxylic acids is 2. The van der Waals surface area contributed by atoms with E-state index >= 15 is 0 Å². The molecule has 0 aliphatic carbocycles. The highest BCUT2D eigenvalue weighted by Crippen LogP contribution is 2.46. The number of thiophene rings is 1. The van der Waals surface area contributed by atoms with E-state index in [1.807, 2.05) is 24.8 Å². The van der Waals surface area contributed by atoms with Gasteiger partial charge in [0.05, 0.1) is 29.0 Å². The van der Waals surface area contributed by atoms with Crippen LogP contribution in [-0.4, -0.2) is 143 Å². The second-order valence-corrected chi connectivity index (χ2v) is 22.3. The molecular formula is C50H56ClN7O13S2. The summed E-state index contributed by atoms with van der Waals surface area (Å²) in [5.41, 5.74) is 3.16. The van der Waals surface area contributed by atoms with E-state index in [0.29, 0.717) is 77.4 Å². The quantitative estimate of drug-likeness (QED) is 0.0495. The molecule has 3 saturated heterocycles. The molecule has 5 heterocycles. The van der Waals surface area contributed by atoms with Crippen LogP contribution in [0.1, 0.15) is 83.5 Å². The van der Waals surface area contributed by atoms with Gasteiger partial charge in [0.15, 0.2) is 17.2 Å². The molecule has 3 unspecified atom stereocenters. The summed E-state index contributed by atoms with van der Waals surface area (Å²) in [4.78, 5) is 81.6. The molecular weight excluding hydrogens is 1010 g/mol. The number of rotatable bonds is 19. The Morgan fingerprint density at radius 2 is 1.74 bits per heavy atom. The standard InChI is InChI=1S/C50H56ClN7O13S2/c1-50(2)22-30(23-52-32-8-4-7-31(21-32)45-43(51)44(71-27-42(62)63)46(72-45)49(66)67)14-19-58(50)73(68,69)28-29-6-3-9-33(20-29)54-40(60)26-70-34-15-17-56(18-16-34)41(61)24-53-37-11-5-10-35-36(37)25-57(48(35)65)38-12-13-39(59)55-47(38)64/h3-11,20-21,23,30,34,38,41,53,61H,12-19,22,24-28H2,1-2H3,(H,54,60)(H,62,63)(H,66,67)(H,55,59,64). The molecule has 4 aliphatic rings. The minimum atomic E-state index is -3.81. The van der Waals surface area contributed by atoms with Crippen molar-refractivity contribution in [1.29, 1.82) is 0 Å². The largest absolute Gasteiger partial charge is 0.479 e. The maximum atomic E-state index is 14.0. The second-order valence-electron chi connectivity index (χ2n) is 19.0. The Kier molecular flexibility index (Phi) is 16.3. The molecule has 8 rings (SSSR count). The fourth-order valence-electron chi connectivity index (χ4n) is 9.82. The number of carbonyl (C=O) groups is 6. The number of anilines is 2. The van der Waals surface area contributed by atoms with Crippen LogP contribution >= 0.6 is 22.9 Å². The van der Waals surface area contributed by atoms with Gasteiger partial charge in [-0.25, -0.2) is 18.0 Å². The number of carboxylic acid groups (broad SMARTS) is 2. The van der Waals surface area contributed by atoms with Crippen LogP contribution in [0.5, 0.6) is 5.75 Å². The van der Waals surface area contributed by atoms with Gasteiger partial charge in [-0.1, -0.05) is 41.9 Å². The van der Waals surface area contributed by atoms with Crippen LogP contribution in [0, 0.1) is 5.92 Å². The van der Waals surface area contributed by atoms with Gasteiger partial charge in [-0.2, -0.15) is 4.31 Å². The van der Waals surface area contributed by atoms with E-state index in [2.05, 4.69) is 20.9 Å². The Bertz CT molecular complexity index is 2940. The van der Waals surface area contributed by atoms with Crippen molar-refractivity contribution in [1.82, 2.24) is 19.4 Å². The van der Waals surface area contributed by atoms with Crippen molar-refractivity contribution >= 4 is 91.8 Å². The number of hydrogen-bond acceptors (Lipinski definition) is 15. The van der Waals surface area contributed by atoms with Crippen LogP contribution < -0.4 is 20.7 Å². The number of ether oxygens (including phenoxy) is 2. The molecule has 4 amide bonds. The number of likely N-dealkylation sites (tertiary alicyclic amines) is 1. The van der Waals surface area contributed by atoms with Gasteiger partial charge in [0.25, 0.3) is 5.91 Å².